The molecule has 2 amide bonds. The minimum Gasteiger partial charge on any atom is -0.274 e. The number of hydrogen-bond donors (Lipinski definition) is 0. The molecule has 1 heterocycles. The van der Waals surface area contributed by atoms with Gasteiger partial charge in [0, 0.05) is 24.8 Å². The molecule has 4 nitrogen and oxygen atoms in total. The van der Waals surface area contributed by atoms with E-state index in [4.69, 9.17) is 4.99 Å². The summed E-state index contributed by atoms with van der Waals surface area (Å²) in [6.07, 6.45) is 18.8. The molecule has 2 aliphatic rings. The lowest BCUT2D eigenvalue weighted by Crippen LogP contribution is -2.33. The smallest absolute Gasteiger partial charge is 0.256 e. The van der Waals surface area contributed by atoms with Crippen molar-refractivity contribution in [2.24, 2.45) is 10.9 Å². The van der Waals surface area contributed by atoms with E-state index in [9.17, 15) is 9.59 Å². The van der Waals surface area contributed by atoms with Crippen molar-refractivity contribution in [3.63, 3.8) is 0 Å². The van der Waals surface area contributed by atoms with Gasteiger partial charge in [0.15, 0.2) is 0 Å². The molecular weight excluding hydrogens is 324 g/mol. The van der Waals surface area contributed by atoms with Gasteiger partial charge >= 0.3 is 0 Å². The van der Waals surface area contributed by atoms with Gasteiger partial charge in [-0.05, 0) is 35.8 Å². The molecule has 0 aromatic rings. The Kier molecular flexibility index (Phi) is 6.61. The fourth-order valence-corrected chi connectivity index (χ4v) is 2.65. The number of carbonyl (C=O) groups excluding carboxylic acids is 2. The molecule has 4 heteroatoms. The molecule has 26 heavy (non-hydrogen) atoms. The van der Waals surface area contributed by atoms with Crippen LogP contribution in [0.3, 0.4) is 0 Å². The molecule has 0 radical (unpaired) electrons. The van der Waals surface area contributed by atoms with E-state index in [0.717, 1.165) is 23.1 Å². The van der Waals surface area contributed by atoms with Crippen molar-refractivity contribution >= 4 is 17.5 Å². The lowest BCUT2D eigenvalue weighted by molar-refractivity contribution is -0.138. The van der Waals surface area contributed by atoms with Gasteiger partial charge in [-0.2, -0.15) is 0 Å². The van der Waals surface area contributed by atoms with Crippen LogP contribution in [-0.4, -0.2) is 22.4 Å². The van der Waals surface area contributed by atoms with E-state index in [-0.39, 0.29) is 11.8 Å². The third-order valence-electron chi connectivity index (χ3n) is 3.95. The molecule has 1 aliphatic heterocycles. The predicted molar refractivity (Wildman–Crippen MR) is 106 cm³/mol. The number of carbonyl (C=O) groups is 2. The molecule has 0 aromatic carbocycles. The Morgan fingerprint density at radius 1 is 1.15 bits per heavy atom. The number of hydrogen-bond acceptors (Lipinski definition) is 3. The van der Waals surface area contributed by atoms with E-state index < -0.39 is 5.91 Å². The molecule has 0 saturated heterocycles. The fraction of sp³-hybridized carbons (Fsp3) is 0.227. The zero-order chi connectivity index (χ0) is 19.1. The maximum Gasteiger partial charge on any atom is 0.256 e. The quantitative estimate of drug-likeness (QED) is 0.709. The Balaban J connectivity index is 2.70. The summed E-state index contributed by atoms with van der Waals surface area (Å²) in [5.41, 5.74) is 3.11. The highest BCUT2D eigenvalue weighted by atomic mass is 16.2. The molecule has 0 aromatic heterocycles. The van der Waals surface area contributed by atoms with E-state index >= 15 is 0 Å². The maximum absolute atomic E-state index is 12.3. The largest absolute Gasteiger partial charge is 0.274 e. The van der Waals surface area contributed by atoms with Crippen molar-refractivity contribution in [1.82, 2.24) is 4.90 Å². The van der Waals surface area contributed by atoms with Gasteiger partial charge < -0.3 is 0 Å². The molecule has 0 N–H and O–H groups in total. The SMILES string of the molecule is C=CC(=O)N(C(C)=O)C1=C2C=CC=CC(=C2)N=C(C(C)C)C=CC=CC1. The number of amides is 2. The Labute approximate surface area is 155 Å². The lowest BCUT2D eigenvalue weighted by atomic mass is 10.1. The number of rotatable bonds is 3. The van der Waals surface area contributed by atoms with Crippen LogP contribution in [0.2, 0.25) is 0 Å². The van der Waals surface area contributed by atoms with Crippen molar-refractivity contribution in [3.8, 4) is 0 Å². The summed E-state index contributed by atoms with van der Waals surface area (Å²) >= 11 is 0. The number of fused-ring (bicyclic) bond motifs is 1. The van der Waals surface area contributed by atoms with Crippen LogP contribution in [0.1, 0.15) is 27.2 Å². The van der Waals surface area contributed by atoms with Crippen molar-refractivity contribution in [3.05, 3.63) is 84.3 Å². The van der Waals surface area contributed by atoms with Gasteiger partial charge in [-0.15, -0.1) is 0 Å². The van der Waals surface area contributed by atoms with Gasteiger partial charge in [0.2, 0.25) is 5.91 Å². The minimum atomic E-state index is -0.439. The zero-order valence-corrected chi connectivity index (χ0v) is 15.5. The van der Waals surface area contributed by atoms with E-state index in [1.807, 2.05) is 54.7 Å². The number of imide groups is 1. The van der Waals surface area contributed by atoms with Gasteiger partial charge in [0.25, 0.3) is 5.91 Å². The van der Waals surface area contributed by atoms with Crippen LogP contribution < -0.4 is 0 Å². The summed E-state index contributed by atoms with van der Waals surface area (Å²) < 4.78 is 0. The highest BCUT2D eigenvalue weighted by Gasteiger charge is 2.22. The minimum absolute atomic E-state index is 0.272. The van der Waals surface area contributed by atoms with Gasteiger partial charge in [0.1, 0.15) is 0 Å². The van der Waals surface area contributed by atoms with Gasteiger partial charge in [0.05, 0.1) is 5.70 Å². The number of allylic oxidation sites excluding steroid dienone is 10. The fourth-order valence-electron chi connectivity index (χ4n) is 2.65. The zero-order valence-electron chi connectivity index (χ0n) is 15.5. The summed E-state index contributed by atoms with van der Waals surface area (Å²) in [6.45, 7) is 9.07. The Morgan fingerprint density at radius 3 is 2.50 bits per heavy atom. The van der Waals surface area contributed by atoms with E-state index in [2.05, 4.69) is 20.4 Å². The topological polar surface area (TPSA) is 49.7 Å². The summed E-state index contributed by atoms with van der Waals surface area (Å²) in [7, 11) is 0. The Morgan fingerprint density at radius 2 is 1.85 bits per heavy atom. The van der Waals surface area contributed by atoms with Crippen LogP contribution in [0.4, 0.5) is 0 Å². The van der Waals surface area contributed by atoms with Crippen molar-refractivity contribution in [2.45, 2.75) is 27.2 Å². The van der Waals surface area contributed by atoms with Gasteiger partial charge in [-0.1, -0.05) is 56.9 Å². The molecule has 0 saturated carbocycles. The summed E-state index contributed by atoms with van der Waals surface area (Å²) in [6, 6.07) is 0. The first-order chi connectivity index (χ1) is 12.4. The highest BCUT2D eigenvalue weighted by Crippen LogP contribution is 2.23. The second kappa shape index (κ2) is 8.90. The molecular formula is C22H24N2O2. The normalized spacial score (nSPS) is 16.6. The summed E-state index contributed by atoms with van der Waals surface area (Å²) in [5.74, 6) is -0.511. The molecule has 0 unspecified atom stereocenters. The Bertz CT molecular complexity index is 815. The predicted octanol–water partition coefficient (Wildman–Crippen LogP) is 4.42. The second-order valence-corrected chi connectivity index (χ2v) is 6.27. The molecule has 2 bridgehead atoms. The molecule has 2 rings (SSSR count). The van der Waals surface area contributed by atoms with Crippen molar-refractivity contribution in [2.75, 3.05) is 0 Å². The average molecular weight is 348 g/mol. The van der Waals surface area contributed by atoms with E-state index in [1.54, 1.807) is 0 Å². The maximum atomic E-state index is 12.3. The lowest BCUT2D eigenvalue weighted by Gasteiger charge is -2.22. The average Bonchev–Trinajstić information content (AvgIpc) is 2.85. The first-order valence-corrected chi connectivity index (χ1v) is 8.62. The van der Waals surface area contributed by atoms with Crippen LogP contribution >= 0.6 is 0 Å². The second-order valence-electron chi connectivity index (χ2n) is 6.27. The summed E-state index contributed by atoms with van der Waals surface area (Å²) in [4.78, 5) is 30.4. The van der Waals surface area contributed by atoms with Gasteiger partial charge in [-0.3, -0.25) is 19.5 Å². The molecule has 0 fully saturated rings. The van der Waals surface area contributed by atoms with Crippen LogP contribution in [0.25, 0.3) is 0 Å². The standard InChI is InChI=1S/C22H24N2O2/c1-5-22(26)24(17(4)25)21-14-8-6-7-13-20(16(2)3)23-19-12-10-9-11-18(21)15-19/h5-13,15-16H,1,14H2,2-4H3. The van der Waals surface area contributed by atoms with Gasteiger partial charge in [-0.25, -0.2) is 0 Å². The molecule has 1 aliphatic carbocycles. The van der Waals surface area contributed by atoms with Crippen LogP contribution in [-0.2, 0) is 9.59 Å². The summed E-state index contributed by atoms with van der Waals surface area (Å²) in [5, 5.41) is 0. The van der Waals surface area contributed by atoms with E-state index in [0.29, 0.717) is 12.1 Å². The first-order valence-electron chi connectivity index (χ1n) is 8.62. The number of aliphatic imine (C=N–C) groups is 1. The van der Waals surface area contributed by atoms with Crippen LogP contribution in [0.5, 0.6) is 0 Å². The third-order valence-corrected chi connectivity index (χ3v) is 3.95. The Hall–Kier alpha value is -3.01. The van der Waals surface area contributed by atoms with Crippen molar-refractivity contribution < 1.29 is 9.59 Å². The highest BCUT2D eigenvalue weighted by molar-refractivity contribution is 6.02. The van der Waals surface area contributed by atoms with E-state index in [1.165, 1.54) is 11.8 Å². The molecule has 0 spiro atoms. The third kappa shape index (κ3) is 4.76. The van der Waals surface area contributed by atoms with Crippen LogP contribution in [0, 0.1) is 5.92 Å². The van der Waals surface area contributed by atoms with Crippen molar-refractivity contribution in [1.29, 1.82) is 0 Å². The van der Waals surface area contributed by atoms with Crippen LogP contribution in [0.15, 0.2) is 89.3 Å². The molecule has 0 atom stereocenters. The number of nitrogens with zero attached hydrogens (tertiary/aromatic N) is 2. The molecule has 134 valence electrons. The first kappa shape index (κ1) is 19.3. The monoisotopic (exact) mass is 348 g/mol.